The minimum Gasteiger partial charge on any atom is -0.465 e. The maximum Gasteiger partial charge on any atom is 0.404 e. The first-order valence-electron chi connectivity index (χ1n) is 13.1. The van der Waals surface area contributed by atoms with Crippen LogP contribution >= 0.6 is 0 Å². The third-order valence-electron chi connectivity index (χ3n) is 7.08. The summed E-state index contributed by atoms with van der Waals surface area (Å²) < 4.78 is 4.98. The number of para-hydroxylation sites is 1. The van der Waals surface area contributed by atoms with E-state index in [0.717, 1.165) is 42.1 Å². The zero-order valence-electron chi connectivity index (χ0n) is 21.7. The molecule has 0 aliphatic heterocycles. The first-order chi connectivity index (χ1) is 18.9. The molecule has 0 unspecified atom stereocenters. The van der Waals surface area contributed by atoms with Crippen molar-refractivity contribution in [2.75, 3.05) is 18.4 Å². The fraction of sp³-hybridized carbons (Fsp3) is 0.357. The lowest BCUT2D eigenvalue weighted by atomic mass is 9.82. The highest BCUT2D eigenvalue weighted by atomic mass is 16.5. The second-order valence-corrected chi connectivity index (χ2v) is 9.87. The number of carbonyl (C=O) groups is 2. The van der Waals surface area contributed by atoms with Gasteiger partial charge in [-0.25, -0.2) is 14.8 Å². The lowest BCUT2D eigenvalue weighted by Crippen LogP contribution is -2.34. The normalized spacial score (nSPS) is 17.1. The Labute approximate surface area is 225 Å². The summed E-state index contributed by atoms with van der Waals surface area (Å²) in [5.74, 6) is 2.32. The van der Waals surface area contributed by atoms with Crippen LogP contribution in [0.15, 0.2) is 53.2 Å². The van der Waals surface area contributed by atoms with Crippen molar-refractivity contribution in [2.45, 2.75) is 39.2 Å². The highest BCUT2D eigenvalue weighted by Gasteiger charge is 2.23. The lowest BCUT2D eigenvalue weighted by Gasteiger charge is -2.28. The number of aryl methyl sites for hydroxylation is 1. The van der Waals surface area contributed by atoms with E-state index in [1.807, 2.05) is 42.5 Å². The molecule has 2 amide bonds. The molecule has 1 aromatic carbocycles. The number of carboxylic acid groups (broad SMARTS) is 1. The van der Waals surface area contributed by atoms with E-state index in [4.69, 9.17) is 14.6 Å². The van der Waals surface area contributed by atoms with Crippen LogP contribution in [0.3, 0.4) is 0 Å². The van der Waals surface area contributed by atoms with E-state index in [1.54, 1.807) is 13.1 Å². The second kappa shape index (κ2) is 11.9. The van der Waals surface area contributed by atoms with E-state index in [2.05, 4.69) is 31.1 Å². The van der Waals surface area contributed by atoms with Crippen molar-refractivity contribution < 1.29 is 19.2 Å². The molecule has 5 rings (SSSR count). The van der Waals surface area contributed by atoms with Crippen molar-refractivity contribution in [3.8, 4) is 11.3 Å². The van der Waals surface area contributed by atoms with E-state index in [1.165, 1.54) is 0 Å². The van der Waals surface area contributed by atoms with E-state index >= 15 is 0 Å². The molecule has 4 aromatic rings. The average molecular weight is 530 g/mol. The number of hydrogen-bond donors (Lipinski definition) is 4. The van der Waals surface area contributed by atoms with Crippen LogP contribution < -0.4 is 16.0 Å². The van der Waals surface area contributed by atoms with Gasteiger partial charge < -0.3 is 25.6 Å². The van der Waals surface area contributed by atoms with Gasteiger partial charge in [0.25, 0.3) is 5.91 Å². The Morgan fingerprint density at radius 2 is 1.74 bits per heavy atom. The number of aromatic nitrogens is 4. The SMILES string of the molecule is Cc1nc(CNc2ccc(-c3cc(C(=O)NC[C@H]4CC[C@H](CNC(=O)O)CC4)c4ccccc4n3)cn2)no1. The van der Waals surface area contributed by atoms with Crippen molar-refractivity contribution >= 4 is 28.7 Å². The molecule has 39 heavy (non-hydrogen) atoms. The summed E-state index contributed by atoms with van der Waals surface area (Å²) >= 11 is 0. The Morgan fingerprint density at radius 1 is 1.00 bits per heavy atom. The highest BCUT2D eigenvalue weighted by Crippen LogP contribution is 2.29. The van der Waals surface area contributed by atoms with Gasteiger partial charge in [0.05, 0.1) is 23.3 Å². The summed E-state index contributed by atoms with van der Waals surface area (Å²) in [6.45, 7) is 3.21. The molecule has 4 N–H and O–H groups in total. The number of hydrogen-bond acceptors (Lipinski definition) is 8. The summed E-state index contributed by atoms with van der Waals surface area (Å²) in [6.07, 6.45) is 4.58. The summed E-state index contributed by atoms with van der Waals surface area (Å²) in [5, 5.41) is 22.2. The maximum absolute atomic E-state index is 13.3. The predicted octanol–water partition coefficient (Wildman–Crippen LogP) is 4.40. The molecule has 1 fully saturated rings. The van der Waals surface area contributed by atoms with Gasteiger partial charge in [0.15, 0.2) is 5.82 Å². The smallest absolute Gasteiger partial charge is 0.404 e. The number of anilines is 1. The Bertz CT molecular complexity index is 1450. The monoisotopic (exact) mass is 529 g/mol. The summed E-state index contributed by atoms with van der Waals surface area (Å²) in [5.41, 5.74) is 2.77. The number of fused-ring (bicyclic) bond motifs is 1. The van der Waals surface area contributed by atoms with E-state index in [9.17, 15) is 9.59 Å². The lowest BCUT2D eigenvalue weighted by molar-refractivity contribution is 0.0942. The van der Waals surface area contributed by atoms with Gasteiger partial charge in [-0.3, -0.25) is 4.79 Å². The number of amides is 2. The van der Waals surface area contributed by atoms with Gasteiger partial charge in [0.2, 0.25) is 5.89 Å². The molecule has 0 radical (unpaired) electrons. The fourth-order valence-corrected chi connectivity index (χ4v) is 4.95. The minimum absolute atomic E-state index is 0.133. The first-order valence-corrected chi connectivity index (χ1v) is 13.1. The molecular formula is C28H31N7O4. The van der Waals surface area contributed by atoms with Gasteiger partial charge in [0.1, 0.15) is 5.82 Å². The highest BCUT2D eigenvalue weighted by molar-refractivity contribution is 6.07. The standard InChI is InChI=1S/C28H31N7O4/c1-17-33-26(35-39-17)16-30-25-11-10-20(15-29-25)24-12-22(21-4-2-3-5-23(21)34-24)27(36)31-13-18-6-8-19(9-7-18)14-32-28(37)38/h2-5,10-12,15,18-19,32H,6-9,13-14,16H2,1H3,(H,29,30)(H,31,36)(H,37,38)/t18-,19-. The van der Waals surface area contributed by atoms with Gasteiger partial charge in [-0.1, -0.05) is 23.4 Å². The third-order valence-corrected chi connectivity index (χ3v) is 7.08. The van der Waals surface area contributed by atoms with Crippen molar-refractivity contribution in [3.05, 3.63) is 65.9 Å². The van der Waals surface area contributed by atoms with Crippen LogP contribution in [0.4, 0.5) is 10.6 Å². The van der Waals surface area contributed by atoms with Crippen LogP contribution in [-0.2, 0) is 6.54 Å². The number of rotatable bonds is 9. The summed E-state index contributed by atoms with van der Waals surface area (Å²) in [7, 11) is 0. The quantitative estimate of drug-likeness (QED) is 0.247. The Hall–Kier alpha value is -4.54. The molecule has 1 aliphatic carbocycles. The number of benzene rings is 1. The molecule has 202 valence electrons. The summed E-state index contributed by atoms with van der Waals surface area (Å²) in [6, 6.07) is 13.2. The van der Waals surface area contributed by atoms with Crippen LogP contribution in [0.2, 0.25) is 0 Å². The van der Waals surface area contributed by atoms with Crippen molar-refractivity contribution in [2.24, 2.45) is 11.8 Å². The van der Waals surface area contributed by atoms with Crippen LogP contribution in [0, 0.1) is 18.8 Å². The second-order valence-electron chi connectivity index (χ2n) is 9.87. The molecule has 1 saturated carbocycles. The molecule has 11 heteroatoms. The van der Waals surface area contributed by atoms with Crippen molar-refractivity contribution in [3.63, 3.8) is 0 Å². The molecule has 11 nitrogen and oxygen atoms in total. The average Bonchev–Trinajstić information content (AvgIpc) is 3.38. The van der Waals surface area contributed by atoms with Crippen LogP contribution in [0.25, 0.3) is 22.2 Å². The number of pyridine rings is 2. The molecule has 0 bridgehead atoms. The van der Waals surface area contributed by atoms with Gasteiger partial charge in [-0.15, -0.1) is 0 Å². The largest absolute Gasteiger partial charge is 0.465 e. The van der Waals surface area contributed by atoms with E-state index < -0.39 is 6.09 Å². The van der Waals surface area contributed by atoms with Gasteiger partial charge in [0, 0.05) is 37.2 Å². The van der Waals surface area contributed by atoms with E-state index in [0.29, 0.717) is 60.3 Å². The van der Waals surface area contributed by atoms with Gasteiger partial charge in [-0.05, 0) is 61.8 Å². The van der Waals surface area contributed by atoms with Crippen LogP contribution in [-0.4, -0.2) is 50.3 Å². The Kier molecular flexibility index (Phi) is 7.95. The van der Waals surface area contributed by atoms with Gasteiger partial charge in [-0.2, -0.15) is 4.98 Å². The zero-order chi connectivity index (χ0) is 27.2. The summed E-state index contributed by atoms with van der Waals surface area (Å²) in [4.78, 5) is 37.5. The van der Waals surface area contributed by atoms with Crippen LogP contribution in [0.1, 0.15) is 47.8 Å². The molecular weight excluding hydrogens is 498 g/mol. The molecule has 0 atom stereocenters. The number of nitrogens with zero attached hydrogens (tertiary/aromatic N) is 4. The van der Waals surface area contributed by atoms with E-state index in [-0.39, 0.29) is 5.91 Å². The molecule has 0 spiro atoms. The molecule has 0 saturated heterocycles. The number of carbonyl (C=O) groups excluding carboxylic acids is 1. The topological polar surface area (TPSA) is 155 Å². The molecule has 3 aromatic heterocycles. The van der Waals surface area contributed by atoms with Crippen molar-refractivity contribution in [1.82, 2.24) is 30.7 Å². The first kappa shape index (κ1) is 26.1. The molecule has 1 aliphatic rings. The fourth-order valence-electron chi connectivity index (χ4n) is 4.95. The van der Waals surface area contributed by atoms with Crippen LogP contribution in [0.5, 0.6) is 0 Å². The Morgan fingerprint density at radius 3 is 2.41 bits per heavy atom. The predicted molar refractivity (Wildman–Crippen MR) is 145 cm³/mol. The maximum atomic E-state index is 13.3. The zero-order valence-corrected chi connectivity index (χ0v) is 21.7. The van der Waals surface area contributed by atoms with Crippen molar-refractivity contribution in [1.29, 1.82) is 0 Å². The molecule has 3 heterocycles. The Balaban J connectivity index is 1.25. The number of nitrogens with one attached hydrogen (secondary N) is 3. The van der Waals surface area contributed by atoms with Gasteiger partial charge >= 0.3 is 6.09 Å². The minimum atomic E-state index is -0.979. The third kappa shape index (κ3) is 6.67.